The van der Waals surface area contributed by atoms with Crippen LogP contribution in [0.3, 0.4) is 0 Å². The van der Waals surface area contributed by atoms with Gasteiger partial charge in [-0.2, -0.15) is 0 Å². The summed E-state index contributed by atoms with van der Waals surface area (Å²) in [6, 6.07) is 9.94. The van der Waals surface area contributed by atoms with Gasteiger partial charge in [0.15, 0.2) is 0 Å². The van der Waals surface area contributed by atoms with E-state index in [1.165, 1.54) is 10.9 Å². The van der Waals surface area contributed by atoms with Crippen LogP contribution in [-0.2, 0) is 13.1 Å². The van der Waals surface area contributed by atoms with Gasteiger partial charge in [0.2, 0.25) is 0 Å². The second kappa shape index (κ2) is 4.66. The molecule has 0 aliphatic rings. The number of hydrogen-bond donors (Lipinski definition) is 1. The molecule has 4 nitrogen and oxygen atoms in total. The zero-order valence-corrected chi connectivity index (χ0v) is 10.1. The first-order valence-corrected chi connectivity index (χ1v) is 5.91. The summed E-state index contributed by atoms with van der Waals surface area (Å²) in [5, 5.41) is 8.37. The van der Waals surface area contributed by atoms with Crippen LogP contribution in [0.2, 0.25) is 0 Å². The molecule has 0 unspecified atom stereocenters. The summed E-state index contributed by atoms with van der Waals surface area (Å²) >= 11 is 0. The molecular formula is C14H14N2O2. The fourth-order valence-corrected chi connectivity index (χ4v) is 2.09. The van der Waals surface area contributed by atoms with Gasteiger partial charge in [-0.1, -0.05) is 23.4 Å². The number of furan rings is 1. The maximum atomic E-state index is 5.71. The first-order valence-electron chi connectivity index (χ1n) is 5.91. The normalized spacial score (nSPS) is 11.2. The summed E-state index contributed by atoms with van der Waals surface area (Å²) in [4.78, 5) is 0. The first-order chi connectivity index (χ1) is 8.84. The van der Waals surface area contributed by atoms with Crippen molar-refractivity contribution in [3.63, 3.8) is 0 Å². The van der Waals surface area contributed by atoms with E-state index < -0.39 is 0 Å². The Balaban J connectivity index is 1.76. The molecule has 0 saturated heterocycles. The van der Waals surface area contributed by atoms with Gasteiger partial charge in [0.05, 0.1) is 5.69 Å². The number of benzene rings is 1. The van der Waals surface area contributed by atoms with Crippen molar-refractivity contribution in [2.24, 2.45) is 0 Å². The third-order valence-electron chi connectivity index (χ3n) is 3.00. The van der Waals surface area contributed by atoms with Crippen LogP contribution in [0.4, 0.5) is 0 Å². The molecule has 18 heavy (non-hydrogen) atoms. The molecule has 3 rings (SSSR count). The van der Waals surface area contributed by atoms with Gasteiger partial charge >= 0.3 is 0 Å². The van der Waals surface area contributed by atoms with Crippen LogP contribution in [0.5, 0.6) is 0 Å². The van der Waals surface area contributed by atoms with Crippen molar-refractivity contribution in [1.82, 2.24) is 10.5 Å². The number of fused-ring (bicyclic) bond motifs is 1. The molecule has 0 fully saturated rings. The van der Waals surface area contributed by atoms with Crippen molar-refractivity contribution in [1.29, 1.82) is 0 Å². The molecular weight excluding hydrogens is 228 g/mol. The van der Waals surface area contributed by atoms with Crippen LogP contribution in [0.25, 0.3) is 11.0 Å². The molecule has 2 heterocycles. The predicted octanol–water partition coefficient (Wildman–Crippen LogP) is 3.02. The molecule has 0 aliphatic heterocycles. The number of nitrogens with zero attached hydrogens (tertiary/aromatic N) is 1. The van der Waals surface area contributed by atoms with Gasteiger partial charge < -0.3 is 14.3 Å². The lowest BCUT2D eigenvalue weighted by atomic mass is 10.1. The summed E-state index contributed by atoms with van der Waals surface area (Å²) in [5.41, 5.74) is 3.04. The second-order valence-electron chi connectivity index (χ2n) is 4.23. The number of aryl methyl sites for hydroxylation is 1. The van der Waals surface area contributed by atoms with Crippen LogP contribution < -0.4 is 5.32 Å². The lowest BCUT2D eigenvalue weighted by molar-refractivity contribution is 0.408. The van der Waals surface area contributed by atoms with Crippen LogP contribution in [0, 0.1) is 6.92 Å². The molecule has 4 heteroatoms. The molecule has 0 aliphatic carbocycles. The molecule has 0 radical (unpaired) electrons. The summed E-state index contributed by atoms with van der Waals surface area (Å²) in [6.07, 6.45) is 1.58. The summed E-state index contributed by atoms with van der Waals surface area (Å²) in [7, 11) is 0. The number of rotatable bonds is 4. The van der Waals surface area contributed by atoms with Crippen molar-refractivity contribution >= 4 is 11.0 Å². The number of nitrogens with one attached hydrogen (secondary N) is 1. The SMILES string of the molecule is Cc1oc2ccccc2c1CNCc1ccon1. The van der Waals surface area contributed by atoms with Crippen LogP contribution >= 0.6 is 0 Å². The van der Waals surface area contributed by atoms with E-state index in [-0.39, 0.29) is 0 Å². The van der Waals surface area contributed by atoms with Crippen molar-refractivity contribution in [2.75, 3.05) is 0 Å². The van der Waals surface area contributed by atoms with E-state index in [0.29, 0.717) is 6.54 Å². The standard InChI is InChI=1S/C14H14N2O2/c1-10-13(9-15-8-11-6-7-17-16-11)12-4-2-3-5-14(12)18-10/h2-7,15H,8-9H2,1H3. The van der Waals surface area contributed by atoms with E-state index in [1.54, 1.807) is 6.26 Å². The Morgan fingerprint density at radius 3 is 2.89 bits per heavy atom. The van der Waals surface area contributed by atoms with Crippen molar-refractivity contribution in [3.8, 4) is 0 Å². The molecule has 0 amide bonds. The number of hydrogen-bond acceptors (Lipinski definition) is 4. The van der Waals surface area contributed by atoms with Crippen LogP contribution in [0.15, 0.2) is 45.5 Å². The maximum Gasteiger partial charge on any atom is 0.134 e. The topological polar surface area (TPSA) is 51.2 Å². The average Bonchev–Trinajstić information content (AvgIpc) is 2.98. The summed E-state index contributed by atoms with van der Waals surface area (Å²) in [5.74, 6) is 0.962. The quantitative estimate of drug-likeness (QED) is 0.764. The Bertz CT molecular complexity index is 641. The number of para-hydroxylation sites is 1. The third-order valence-corrected chi connectivity index (χ3v) is 3.00. The summed E-state index contributed by atoms with van der Waals surface area (Å²) < 4.78 is 10.5. The van der Waals surface area contributed by atoms with E-state index in [0.717, 1.165) is 23.6 Å². The van der Waals surface area contributed by atoms with Gasteiger partial charge in [0.25, 0.3) is 0 Å². The minimum absolute atomic E-state index is 0.690. The zero-order chi connectivity index (χ0) is 12.4. The lowest BCUT2D eigenvalue weighted by Crippen LogP contribution is -2.13. The van der Waals surface area contributed by atoms with E-state index in [1.807, 2.05) is 31.2 Å². The fraction of sp³-hybridized carbons (Fsp3) is 0.214. The molecule has 3 aromatic rings. The van der Waals surface area contributed by atoms with Crippen molar-refractivity contribution < 1.29 is 8.94 Å². The highest BCUT2D eigenvalue weighted by molar-refractivity contribution is 5.82. The molecule has 92 valence electrons. The Hall–Kier alpha value is -2.07. The molecule has 0 saturated carbocycles. The van der Waals surface area contributed by atoms with Gasteiger partial charge in [0.1, 0.15) is 17.6 Å². The zero-order valence-electron chi connectivity index (χ0n) is 10.1. The van der Waals surface area contributed by atoms with Gasteiger partial charge in [-0.25, -0.2) is 0 Å². The molecule has 1 N–H and O–H groups in total. The van der Waals surface area contributed by atoms with Crippen molar-refractivity contribution in [3.05, 3.63) is 53.6 Å². The molecule has 0 bridgehead atoms. The van der Waals surface area contributed by atoms with E-state index in [2.05, 4.69) is 16.5 Å². The van der Waals surface area contributed by atoms with Gasteiger partial charge in [-0.15, -0.1) is 0 Å². The highest BCUT2D eigenvalue weighted by Gasteiger charge is 2.09. The Morgan fingerprint density at radius 1 is 1.17 bits per heavy atom. The fourth-order valence-electron chi connectivity index (χ4n) is 2.09. The Morgan fingerprint density at radius 2 is 2.06 bits per heavy atom. The minimum Gasteiger partial charge on any atom is -0.461 e. The van der Waals surface area contributed by atoms with Gasteiger partial charge in [0, 0.05) is 30.1 Å². The monoisotopic (exact) mass is 242 g/mol. The second-order valence-corrected chi connectivity index (χ2v) is 4.23. The highest BCUT2D eigenvalue weighted by Crippen LogP contribution is 2.24. The first kappa shape index (κ1) is 11.0. The van der Waals surface area contributed by atoms with Crippen LogP contribution in [-0.4, -0.2) is 5.16 Å². The minimum atomic E-state index is 0.690. The van der Waals surface area contributed by atoms with E-state index >= 15 is 0 Å². The van der Waals surface area contributed by atoms with Crippen molar-refractivity contribution in [2.45, 2.75) is 20.0 Å². The molecule has 1 aromatic carbocycles. The van der Waals surface area contributed by atoms with Gasteiger partial charge in [-0.3, -0.25) is 0 Å². The average molecular weight is 242 g/mol. The predicted molar refractivity (Wildman–Crippen MR) is 68.0 cm³/mol. The smallest absolute Gasteiger partial charge is 0.134 e. The Labute approximate surface area is 105 Å². The van der Waals surface area contributed by atoms with Crippen LogP contribution in [0.1, 0.15) is 17.0 Å². The highest BCUT2D eigenvalue weighted by atomic mass is 16.5. The molecule has 0 spiro atoms. The summed E-state index contributed by atoms with van der Waals surface area (Å²) in [6.45, 7) is 3.44. The Kier molecular flexibility index (Phi) is 2.86. The van der Waals surface area contributed by atoms with E-state index in [4.69, 9.17) is 8.94 Å². The van der Waals surface area contributed by atoms with E-state index in [9.17, 15) is 0 Å². The lowest BCUT2D eigenvalue weighted by Gasteiger charge is -2.01. The molecule has 0 atom stereocenters. The largest absolute Gasteiger partial charge is 0.461 e. The molecule has 2 aromatic heterocycles. The maximum absolute atomic E-state index is 5.71. The third kappa shape index (κ3) is 2.02. The number of aromatic nitrogens is 1. The van der Waals surface area contributed by atoms with Gasteiger partial charge in [-0.05, 0) is 13.0 Å².